The van der Waals surface area contributed by atoms with Crippen molar-refractivity contribution < 1.29 is 4.92 Å². The number of halogens is 1. The third-order valence-corrected chi connectivity index (χ3v) is 4.48. The number of nitrogens with two attached hydrogens (primary N) is 1. The van der Waals surface area contributed by atoms with Gasteiger partial charge in [-0.2, -0.15) is 0 Å². The minimum atomic E-state index is -0.382. The summed E-state index contributed by atoms with van der Waals surface area (Å²) >= 11 is 3.41. The van der Waals surface area contributed by atoms with Gasteiger partial charge in [-0.3, -0.25) is 15.0 Å². The maximum atomic E-state index is 10.7. The molecule has 1 heterocycles. The van der Waals surface area contributed by atoms with Crippen molar-refractivity contribution in [1.29, 1.82) is 0 Å². The van der Waals surface area contributed by atoms with E-state index in [9.17, 15) is 10.1 Å². The summed E-state index contributed by atoms with van der Waals surface area (Å²) in [4.78, 5) is 12.6. The number of non-ortho nitro benzene ring substituents is 1. The summed E-state index contributed by atoms with van der Waals surface area (Å²) in [6.07, 6.45) is 1.10. The Morgan fingerprint density at radius 2 is 2.32 bits per heavy atom. The number of nitro benzene ring substituents is 1. The van der Waals surface area contributed by atoms with Crippen LogP contribution >= 0.6 is 15.9 Å². The highest BCUT2D eigenvalue weighted by molar-refractivity contribution is 9.10. The van der Waals surface area contributed by atoms with E-state index in [1.54, 1.807) is 12.1 Å². The summed E-state index contributed by atoms with van der Waals surface area (Å²) in [6.45, 7) is 4.87. The maximum absolute atomic E-state index is 10.7. The fourth-order valence-electron chi connectivity index (χ4n) is 2.33. The van der Waals surface area contributed by atoms with Crippen molar-refractivity contribution in [3.8, 4) is 0 Å². The number of piperidine rings is 1. The molecule has 1 aromatic rings. The Hall–Kier alpha value is -0.980. The topological polar surface area (TPSA) is 72.4 Å². The first kappa shape index (κ1) is 14.4. The molecule has 104 valence electrons. The van der Waals surface area contributed by atoms with Crippen LogP contribution in [-0.2, 0) is 6.54 Å². The molecule has 1 aliphatic rings. The highest BCUT2D eigenvalue weighted by atomic mass is 79.9. The molecule has 6 heteroatoms. The SMILES string of the molecule is CC1CCN(Cc2ccc([N+](=O)[O-])cc2Br)CC1N. The minimum Gasteiger partial charge on any atom is -0.326 e. The van der Waals surface area contributed by atoms with E-state index >= 15 is 0 Å². The summed E-state index contributed by atoms with van der Waals surface area (Å²) < 4.78 is 0.786. The standard InChI is InChI=1S/C13H18BrN3O2/c1-9-4-5-16(8-13(9)15)7-10-2-3-11(17(18)19)6-12(10)14/h2-3,6,9,13H,4-5,7-8,15H2,1H3. The summed E-state index contributed by atoms with van der Waals surface area (Å²) in [5.41, 5.74) is 7.25. The molecule has 1 fully saturated rings. The van der Waals surface area contributed by atoms with Crippen molar-refractivity contribution in [3.63, 3.8) is 0 Å². The average Bonchev–Trinajstić information content (AvgIpc) is 2.36. The van der Waals surface area contributed by atoms with E-state index in [0.717, 1.165) is 36.1 Å². The molecular formula is C13H18BrN3O2. The molecule has 2 rings (SSSR count). The smallest absolute Gasteiger partial charge is 0.270 e. The molecule has 0 radical (unpaired) electrons. The minimum absolute atomic E-state index is 0.111. The Kier molecular flexibility index (Phi) is 4.54. The van der Waals surface area contributed by atoms with Crippen molar-refractivity contribution in [2.45, 2.75) is 25.9 Å². The number of rotatable bonds is 3. The fourth-order valence-corrected chi connectivity index (χ4v) is 2.82. The predicted octanol–water partition coefficient (Wildman–Crippen LogP) is 2.53. The average molecular weight is 328 g/mol. The largest absolute Gasteiger partial charge is 0.326 e. The molecule has 2 unspecified atom stereocenters. The Bertz CT molecular complexity index is 481. The number of benzene rings is 1. The zero-order chi connectivity index (χ0) is 14.0. The van der Waals surface area contributed by atoms with Gasteiger partial charge < -0.3 is 5.73 Å². The first-order chi connectivity index (χ1) is 8.97. The van der Waals surface area contributed by atoms with Gasteiger partial charge in [0.05, 0.1) is 4.92 Å². The Labute approximate surface area is 121 Å². The molecule has 0 bridgehead atoms. The Morgan fingerprint density at radius 3 is 2.89 bits per heavy atom. The lowest BCUT2D eigenvalue weighted by Gasteiger charge is -2.35. The first-order valence-electron chi connectivity index (χ1n) is 6.38. The van der Waals surface area contributed by atoms with E-state index in [0.29, 0.717) is 5.92 Å². The molecule has 1 aromatic carbocycles. The van der Waals surface area contributed by atoms with Crippen LogP contribution in [0.1, 0.15) is 18.9 Å². The van der Waals surface area contributed by atoms with Gasteiger partial charge in [0.25, 0.3) is 5.69 Å². The lowest BCUT2D eigenvalue weighted by molar-refractivity contribution is -0.384. The zero-order valence-electron chi connectivity index (χ0n) is 10.9. The van der Waals surface area contributed by atoms with Crippen molar-refractivity contribution >= 4 is 21.6 Å². The highest BCUT2D eigenvalue weighted by Gasteiger charge is 2.23. The van der Waals surface area contributed by atoms with E-state index in [1.165, 1.54) is 0 Å². The van der Waals surface area contributed by atoms with E-state index in [2.05, 4.69) is 27.8 Å². The summed E-state index contributed by atoms with van der Waals surface area (Å²) in [5, 5.41) is 10.7. The van der Waals surface area contributed by atoms with Gasteiger partial charge in [0, 0.05) is 35.7 Å². The van der Waals surface area contributed by atoms with Crippen molar-refractivity contribution in [2.24, 2.45) is 11.7 Å². The van der Waals surface area contributed by atoms with Crippen LogP contribution in [0, 0.1) is 16.0 Å². The Morgan fingerprint density at radius 1 is 1.58 bits per heavy atom. The van der Waals surface area contributed by atoms with Gasteiger partial charge in [0.1, 0.15) is 0 Å². The van der Waals surface area contributed by atoms with Crippen LogP contribution in [0.25, 0.3) is 0 Å². The van der Waals surface area contributed by atoms with Gasteiger partial charge in [-0.1, -0.05) is 22.9 Å². The quantitative estimate of drug-likeness (QED) is 0.684. The van der Waals surface area contributed by atoms with E-state index in [1.807, 2.05) is 6.07 Å². The van der Waals surface area contributed by atoms with Crippen molar-refractivity contribution in [1.82, 2.24) is 4.90 Å². The van der Waals surface area contributed by atoms with Crippen LogP contribution in [0.5, 0.6) is 0 Å². The van der Waals surface area contributed by atoms with Gasteiger partial charge >= 0.3 is 0 Å². The zero-order valence-corrected chi connectivity index (χ0v) is 12.5. The number of hydrogen-bond donors (Lipinski definition) is 1. The van der Waals surface area contributed by atoms with Gasteiger partial charge in [0.2, 0.25) is 0 Å². The molecule has 5 nitrogen and oxygen atoms in total. The monoisotopic (exact) mass is 327 g/mol. The van der Waals surface area contributed by atoms with E-state index in [-0.39, 0.29) is 16.7 Å². The van der Waals surface area contributed by atoms with E-state index in [4.69, 9.17) is 5.73 Å². The van der Waals surface area contributed by atoms with Gasteiger partial charge in [-0.15, -0.1) is 0 Å². The molecule has 19 heavy (non-hydrogen) atoms. The van der Waals surface area contributed by atoms with Crippen LogP contribution in [-0.4, -0.2) is 29.0 Å². The number of nitro groups is 1. The summed E-state index contributed by atoms with van der Waals surface area (Å²) in [5.74, 6) is 0.566. The molecule has 1 saturated heterocycles. The Balaban J connectivity index is 2.05. The molecule has 2 N–H and O–H groups in total. The van der Waals surface area contributed by atoms with E-state index < -0.39 is 0 Å². The second-order valence-electron chi connectivity index (χ2n) is 5.20. The van der Waals surface area contributed by atoms with Crippen LogP contribution in [0.15, 0.2) is 22.7 Å². The highest BCUT2D eigenvalue weighted by Crippen LogP contribution is 2.25. The molecule has 0 spiro atoms. The number of likely N-dealkylation sites (tertiary alicyclic amines) is 1. The molecule has 0 saturated carbocycles. The lowest BCUT2D eigenvalue weighted by atomic mass is 9.94. The molecule has 0 aliphatic carbocycles. The molecule has 2 atom stereocenters. The van der Waals surface area contributed by atoms with Crippen LogP contribution in [0.3, 0.4) is 0 Å². The van der Waals surface area contributed by atoms with Gasteiger partial charge in [-0.25, -0.2) is 0 Å². The maximum Gasteiger partial charge on any atom is 0.270 e. The molecule has 0 amide bonds. The van der Waals surface area contributed by atoms with Crippen LogP contribution < -0.4 is 5.73 Å². The van der Waals surface area contributed by atoms with Crippen LogP contribution in [0.2, 0.25) is 0 Å². The third-order valence-electron chi connectivity index (χ3n) is 3.74. The van der Waals surface area contributed by atoms with Crippen molar-refractivity contribution in [2.75, 3.05) is 13.1 Å². The first-order valence-corrected chi connectivity index (χ1v) is 7.17. The van der Waals surface area contributed by atoms with Gasteiger partial charge in [-0.05, 0) is 30.5 Å². The fraction of sp³-hybridized carbons (Fsp3) is 0.538. The molecule has 0 aromatic heterocycles. The third kappa shape index (κ3) is 3.52. The molecule has 1 aliphatic heterocycles. The van der Waals surface area contributed by atoms with Crippen molar-refractivity contribution in [3.05, 3.63) is 38.3 Å². The molecular weight excluding hydrogens is 310 g/mol. The number of nitrogens with zero attached hydrogens (tertiary/aromatic N) is 2. The summed E-state index contributed by atoms with van der Waals surface area (Å²) in [7, 11) is 0. The second kappa shape index (κ2) is 5.98. The number of hydrogen-bond acceptors (Lipinski definition) is 4. The van der Waals surface area contributed by atoms with Crippen LogP contribution in [0.4, 0.5) is 5.69 Å². The summed E-state index contributed by atoms with van der Waals surface area (Å²) in [6, 6.07) is 5.13. The van der Waals surface area contributed by atoms with Gasteiger partial charge in [0.15, 0.2) is 0 Å². The normalized spacial score (nSPS) is 24.4. The lowest BCUT2D eigenvalue weighted by Crippen LogP contribution is -2.47. The predicted molar refractivity (Wildman–Crippen MR) is 77.8 cm³/mol. The second-order valence-corrected chi connectivity index (χ2v) is 6.05.